The lowest BCUT2D eigenvalue weighted by Crippen LogP contribution is -1.91. The minimum atomic E-state index is 1.21. The highest BCUT2D eigenvalue weighted by Gasteiger charge is 2.00. The summed E-state index contributed by atoms with van der Waals surface area (Å²) in [5.74, 6) is 0. The molecule has 12 heavy (non-hydrogen) atoms. The minimum Gasteiger partial charge on any atom is -0.0651 e. The SMILES string of the molecule is CCCc1cc(C)c(C)c(I)c1. The van der Waals surface area contributed by atoms with Crippen LogP contribution in [0, 0.1) is 17.4 Å². The van der Waals surface area contributed by atoms with Gasteiger partial charge < -0.3 is 0 Å². The molecule has 0 bridgehead atoms. The fourth-order valence-electron chi connectivity index (χ4n) is 1.32. The lowest BCUT2D eigenvalue weighted by Gasteiger charge is -2.06. The molecule has 66 valence electrons. The van der Waals surface area contributed by atoms with Crippen molar-refractivity contribution in [1.82, 2.24) is 0 Å². The van der Waals surface area contributed by atoms with Gasteiger partial charge in [-0.25, -0.2) is 0 Å². The minimum absolute atomic E-state index is 1.21. The van der Waals surface area contributed by atoms with E-state index in [-0.39, 0.29) is 0 Å². The van der Waals surface area contributed by atoms with E-state index in [1.165, 1.54) is 33.1 Å². The van der Waals surface area contributed by atoms with Gasteiger partial charge in [-0.05, 0) is 65.6 Å². The van der Waals surface area contributed by atoms with E-state index >= 15 is 0 Å². The Morgan fingerprint density at radius 3 is 2.42 bits per heavy atom. The number of rotatable bonds is 2. The van der Waals surface area contributed by atoms with Gasteiger partial charge in [0.15, 0.2) is 0 Å². The van der Waals surface area contributed by atoms with Crippen molar-refractivity contribution in [3.63, 3.8) is 0 Å². The highest BCUT2D eigenvalue weighted by Crippen LogP contribution is 2.18. The summed E-state index contributed by atoms with van der Waals surface area (Å²) < 4.78 is 1.40. The Morgan fingerprint density at radius 2 is 1.92 bits per heavy atom. The molecular formula is C11H15I. The van der Waals surface area contributed by atoms with Crippen molar-refractivity contribution in [2.75, 3.05) is 0 Å². The predicted molar refractivity (Wildman–Crippen MR) is 62.6 cm³/mol. The third-order valence-electron chi connectivity index (χ3n) is 2.20. The van der Waals surface area contributed by atoms with Crippen LogP contribution in [0.4, 0.5) is 0 Å². The van der Waals surface area contributed by atoms with Crippen LogP contribution in [0.2, 0.25) is 0 Å². The number of hydrogen-bond acceptors (Lipinski definition) is 0. The molecule has 0 saturated carbocycles. The van der Waals surface area contributed by atoms with Crippen molar-refractivity contribution < 1.29 is 0 Å². The zero-order chi connectivity index (χ0) is 9.14. The zero-order valence-corrected chi connectivity index (χ0v) is 10.1. The molecule has 0 atom stereocenters. The third-order valence-corrected chi connectivity index (χ3v) is 3.32. The second kappa shape index (κ2) is 4.26. The fraction of sp³-hybridized carbons (Fsp3) is 0.455. The Bertz CT molecular complexity index is 253. The first-order valence-electron chi connectivity index (χ1n) is 4.40. The van der Waals surface area contributed by atoms with Crippen molar-refractivity contribution in [2.24, 2.45) is 0 Å². The molecule has 0 unspecified atom stereocenters. The van der Waals surface area contributed by atoms with E-state index < -0.39 is 0 Å². The molecule has 1 heteroatoms. The molecular weight excluding hydrogens is 259 g/mol. The first-order valence-corrected chi connectivity index (χ1v) is 5.48. The number of halogens is 1. The van der Waals surface area contributed by atoms with E-state index in [0.29, 0.717) is 0 Å². The van der Waals surface area contributed by atoms with Gasteiger partial charge in [-0.3, -0.25) is 0 Å². The molecule has 0 N–H and O–H groups in total. The van der Waals surface area contributed by atoms with E-state index in [2.05, 4.69) is 55.5 Å². The largest absolute Gasteiger partial charge is 0.0651 e. The Balaban J connectivity index is 3.04. The van der Waals surface area contributed by atoms with Crippen molar-refractivity contribution in [2.45, 2.75) is 33.6 Å². The monoisotopic (exact) mass is 274 g/mol. The Kier molecular flexibility index (Phi) is 3.56. The van der Waals surface area contributed by atoms with Gasteiger partial charge in [0.2, 0.25) is 0 Å². The summed E-state index contributed by atoms with van der Waals surface area (Å²) in [4.78, 5) is 0. The summed E-state index contributed by atoms with van der Waals surface area (Å²) in [5.41, 5.74) is 4.32. The van der Waals surface area contributed by atoms with Crippen molar-refractivity contribution in [3.8, 4) is 0 Å². The van der Waals surface area contributed by atoms with Gasteiger partial charge in [0.25, 0.3) is 0 Å². The summed E-state index contributed by atoms with van der Waals surface area (Å²) in [5, 5.41) is 0. The fourth-order valence-corrected chi connectivity index (χ4v) is 2.15. The molecule has 0 aliphatic heterocycles. The second-order valence-corrected chi connectivity index (χ2v) is 4.43. The van der Waals surface area contributed by atoms with Crippen LogP contribution in [0.15, 0.2) is 12.1 Å². The van der Waals surface area contributed by atoms with E-state index in [1.54, 1.807) is 0 Å². The van der Waals surface area contributed by atoms with Crippen LogP contribution in [0.1, 0.15) is 30.0 Å². The van der Waals surface area contributed by atoms with E-state index in [0.717, 1.165) is 0 Å². The average molecular weight is 274 g/mol. The lowest BCUT2D eigenvalue weighted by molar-refractivity contribution is 0.917. The topological polar surface area (TPSA) is 0 Å². The molecule has 0 saturated heterocycles. The summed E-state index contributed by atoms with van der Waals surface area (Å²) in [6, 6.07) is 4.60. The highest BCUT2D eigenvalue weighted by atomic mass is 127. The first kappa shape index (κ1) is 10.0. The Morgan fingerprint density at radius 1 is 1.25 bits per heavy atom. The Labute approximate surface area is 88.5 Å². The van der Waals surface area contributed by atoms with Crippen LogP contribution < -0.4 is 0 Å². The summed E-state index contributed by atoms with van der Waals surface area (Å²) in [6.45, 7) is 6.60. The van der Waals surface area contributed by atoms with Gasteiger partial charge in [-0.1, -0.05) is 19.4 Å². The van der Waals surface area contributed by atoms with Crippen molar-refractivity contribution >= 4 is 22.6 Å². The van der Waals surface area contributed by atoms with E-state index in [1.807, 2.05) is 0 Å². The normalized spacial score (nSPS) is 10.3. The molecule has 0 aromatic heterocycles. The van der Waals surface area contributed by atoms with Crippen LogP contribution >= 0.6 is 22.6 Å². The lowest BCUT2D eigenvalue weighted by atomic mass is 10.0. The van der Waals surface area contributed by atoms with Gasteiger partial charge in [-0.15, -0.1) is 0 Å². The second-order valence-electron chi connectivity index (χ2n) is 3.27. The molecule has 1 rings (SSSR count). The van der Waals surface area contributed by atoms with Gasteiger partial charge in [-0.2, -0.15) is 0 Å². The van der Waals surface area contributed by atoms with Gasteiger partial charge in [0.05, 0.1) is 0 Å². The Hall–Kier alpha value is -0.0500. The molecule has 0 spiro atoms. The van der Waals surface area contributed by atoms with Gasteiger partial charge >= 0.3 is 0 Å². The highest BCUT2D eigenvalue weighted by molar-refractivity contribution is 14.1. The maximum atomic E-state index is 2.42. The standard InChI is InChI=1S/C11H15I/c1-4-5-10-6-8(2)9(3)11(12)7-10/h6-7H,4-5H2,1-3H3. The third kappa shape index (κ3) is 2.22. The van der Waals surface area contributed by atoms with Crippen LogP contribution in [-0.2, 0) is 6.42 Å². The molecule has 0 nitrogen and oxygen atoms in total. The van der Waals surface area contributed by atoms with Gasteiger partial charge in [0.1, 0.15) is 0 Å². The average Bonchev–Trinajstić information content (AvgIpc) is 2.01. The quantitative estimate of drug-likeness (QED) is 0.718. The summed E-state index contributed by atoms with van der Waals surface area (Å²) in [7, 11) is 0. The van der Waals surface area contributed by atoms with Crippen LogP contribution in [0.25, 0.3) is 0 Å². The van der Waals surface area contributed by atoms with E-state index in [4.69, 9.17) is 0 Å². The first-order chi connectivity index (χ1) is 5.65. The maximum Gasteiger partial charge on any atom is 0.0164 e. The van der Waals surface area contributed by atoms with Gasteiger partial charge in [0, 0.05) is 3.57 Å². The van der Waals surface area contributed by atoms with Crippen LogP contribution in [0.3, 0.4) is 0 Å². The molecule has 0 aliphatic rings. The number of aryl methyl sites for hydroxylation is 2. The summed E-state index contributed by atoms with van der Waals surface area (Å²) in [6.07, 6.45) is 2.44. The molecule has 0 radical (unpaired) electrons. The van der Waals surface area contributed by atoms with Crippen LogP contribution in [-0.4, -0.2) is 0 Å². The molecule has 0 amide bonds. The number of benzene rings is 1. The van der Waals surface area contributed by atoms with Crippen molar-refractivity contribution in [1.29, 1.82) is 0 Å². The molecule has 0 heterocycles. The molecule has 0 aliphatic carbocycles. The van der Waals surface area contributed by atoms with E-state index in [9.17, 15) is 0 Å². The smallest absolute Gasteiger partial charge is 0.0164 e. The van der Waals surface area contributed by atoms with Crippen LogP contribution in [0.5, 0.6) is 0 Å². The molecule has 0 fully saturated rings. The van der Waals surface area contributed by atoms with Crippen molar-refractivity contribution in [3.05, 3.63) is 32.4 Å². The zero-order valence-electron chi connectivity index (χ0n) is 7.95. The maximum absolute atomic E-state index is 2.42. The summed E-state index contributed by atoms with van der Waals surface area (Å²) >= 11 is 2.42. The predicted octanol–water partition coefficient (Wildman–Crippen LogP) is 3.86. The molecule has 1 aromatic carbocycles. The molecule has 1 aromatic rings. The number of hydrogen-bond donors (Lipinski definition) is 0.